The van der Waals surface area contributed by atoms with Gasteiger partial charge >= 0.3 is 5.97 Å². The maximum atomic E-state index is 11.1. The number of carboxylic acids is 1. The van der Waals surface area contributed by atoms with Crippen molar-refractivity contribution in [3.63, 3.8) is 0 Å². The Balaban J connectivity index is 2.57. The monoisotopic (exact) mass is 220 g/mol. The number of H-pyrrole nitrogens is 1. The number of carbonyl (C=O) groups is 1. The van der Waals surface area contributed by atoms with Gasteiger partial charge in [-0.15, -0.1) is 0 Å². The SMILES string of the molecule is CC(C)Oc1cc2[nH]ncc2cc1C(=O)O. The van der Waals surface area contributed by atoms with Crippen LogP contribution in [0, 0.1) is 0 Å². The number of nitrogens with one attached hydrogen (secondary N) is 1. The molecule has 2 N–H and O–H groups in total. The molecule has 1 aromatic heterocycles. The number of hydrogen-bond acceptors (Lipinski definition) is 3. The highest BCUT2D eigenvalue weighted by molar-refractivity contribution is 5.96. The lowest BCUT2D eigenvalue weighted by Crippen LogP contribution is -2.09. The molecule has 0 aliphatic carbocycles. The Kier molecular flexibility index (Phi) is 2.52. The van der Waals surface area contributed by atoms with Gasteiger partial charge in [0.1, 0.15) is 11.3 Å². The van der Waals surface area contributed by atoms with Crippen LogP contribution >= 0.6 is 0 Å². The summed E-state index contributed by atoms with van der Waals surface area (Å²) in [5.74, 6) is -0.641. The molecule has 2 aromatic rings. The summed E-state index contributed by atoms with van der Waals surface area (Å²) in [5, 5.41) is 16.4. The van der Waals surface area contributed by atoms with E-state index in [1.165, 1.54) is 0 Å². The first kappa shape index (κ1) is 10.5. The third-order valence-electron chi connectivity index (χ3n) is 2.13. The summed E-state index contributed by atoms with van der Waals surface area (Å²) in [4.78, 5) is 11.1. The average molecular weight is 220 g/mol. The van der Waals surface area contributed by atoms with Crippen LogP contribution in [0.2, 0.25) is 0 Å². The highest BCUT2D eigenvalue weighted by atomic mass is 16.5. The normalized spacial score (nSPS) is 10.9. The van der Waals surface area contributed by atoms with Crippen molar-refractivity contribution >= 4 is 16.9 Å². The molecule has 0 fully saturated rings. The summed E-state index contributed by atoms with van der Waals surface area (Å²) < 4.78 is 5.46. The van der Waals surface area contributed by atoms with Crippen LogP contribution in [0.15, 0.2) is 18.3 Å². The number of nitrogens with zero attached hydrogens (tertiary/aromatic N) is 1. The Hall–Kier alpha value is -2.04. The number of benzene rings is 1. The molecule has 0 bridgehead atoms. The van der Waals surface area contributed by atoms with Gasteiger partial charge in [0, 0.05) is 11.5 Å². The van der Waals surface area contributed by atoms with E-state index in [2.05, 4.69) is 10.2 Å². The van der Waals surface area contributed by atoms with Crippen molar-refractivity contribution in [2.24, 2.45) is 0 Å². The molecular formula is C11H12N2O3. The number of rotatable bonds is 3. The molecule has 0 amide bonds. The lowest BCUT2D eigenvalue weighted by atomic mass is 10.1. The smallest absolute Gasteiger partial charge is 0.339 e. The summed E-state index contributed by atoms with van der Waals surface area (Å²) in [6, 6.07) is 3.21. The Morgan fingerprint density at radius 2 is 2.25 bits per heavy atom. The van der Waals surface area contributed by atoms with Gasteiger partial charge in [0.2, 0.25) is 0 Å². The van der Waals surface area contributed by atoms with Crippen molar-refractivity contribution in [1.29, 1.82) is 0 Å². The maximum absolute atomic E-state index is 11.1. The molecule has 0 radical (unpaired) electrons. The van der Waals surface area contributed by atoms with Gasteiger partial charge in [-0.1, -0.05) is 0 Å². The van der Waals surface area contributed by atoms with Crippen LogP contribution in [0.4, 0.5) is 0 Å². The molecule has 84 valence electrons. The minimum atomic E-state index is -1.00. The second-order valence-electron chi connectivity index (χ2n) is 3.78. The van der Waals surface area contributed by atoms with Gasteiger partial charge in [0.25, 0.3) is 0 Å². The van der Waals surface area contributed by atoms with Crippen LogP contribution in [0.1, 0.15) is 24.2 Å². The van der Waals surface area contributed by atoms with E-state index >= 15 is 0 Å². The van der Waals surface area contributed by atoms with E-state index in [-0.39, 0.29) is 11.7 Å². The highest BCUT2D eigenvalue weighted by Crippen LogP contribution is 2.25. The molecule has 0 aliphatic heterocycles. The lowest BCUT2D eigenvalue weighted by Gasteiger charge is -2.12. The molecule has 0 aliphatic rings. The van der Waals surface area contributed by atoms with Gasteiger partial charge in [-0.05, 0) is 19.9 Å². The maximum Gasteiger partial charge on any atom is 0.339 e. The van der Waals surface area contributed by atoms with E-state index in [1.54, 1.807) is 18.3 Å². The quantitative estimate of drug-likeness (QED) is 0.830. The number of hydrogen-bond donors (Lipinski definition) is 2. The fourth-order valence-electron chi connectivity index (χ4n) is 1.49. The Bertz CT molecular complexity index is 531. The fraction of sp³-hybridized carbons (Fsp3) is 0.273. The van der Waals surface area contributed by atoms with Crippen LogP contribution in [0.5, 0.6) is 5.75 Å². The first-order chi connectivity index (χ1) is 7.58. The molecule has 16 heavy (non-hydrogen) atoms. The summed E-state index contributed by atoms with van der Waals surface area (Å²) in [7, 11) is 0. The molecular weight excluding hydrogens is 208 g/mol. The van der Waals surface area contributed by atoms with Gasteiger partial charge in [0.05, 0.1) is 17.8 Å². The van der Waals surface area contributed by atoms with E-state index in [0.29, 0.717) is 5.75 Å². The first-order valence-electron chi connectivity index (χ1n) is 4.95. The Labute approximate surface area is 92.0 Å². The summed E-state index contributed by atoms with van der Waals surface area (Å²) >= 11 is 0. The fourth-order valence-corrected chi connectivity index (χ4v) is 1.49. The predicted molar refractivity (Wildman–Crippen MR) is 58.8 cm³/mol. The molecule has 1 aromatic carbocycles. The summed E-state index contributed by atoms with van der Waals surface area (Å²) in [6.45, 7) is 3.70. The number of ether oxygens (including phenoxy) is 1. The van der Waals surface area contributed by atoms with Gasteiger partial charge < -0.3 is 9.84 Å². The van der Waals surface area contributed by atoms with Crippen LogP contribution in [0.25, 0.3) is 10.9 Å². The lowest BCUT2D eigenvalue weighted by molar-refractivity contribution is 0.0691. The molecule has 2 rings (SSSR count). The van der Waals surface area contributed by atoms with Gasteiger partial charge in [-0.2, -0.15) is 5.10 Å². The summed E-state index contributed by atoms with van der Waals surface area (Å²) in [6.07, 6.45) is 1.51. The molecule has 0 spiro atoms. The summed E-state index contributed by atoms with van der Waals surface area (Å²) in [5.41, 5.74) is 0.920. The second kappa shape index (κ2) is 3.84. The zero-order valence-electron chi connectivity index (χ0n) is 9.02. The molecule has 0 unspecified atom stereocenters. The van der Waals surface area contributed by atoms with Crippen LogP contribution in [0.3, 0.4) is 0 Å². The van der Waals surface area contributed by atoms with Crippen molar-refractivity contribution in [1.82, 2.24) is 10.2 Å². The van der Waals surface area contributed by atoms with E-state index in [4.69, 9.17) is 9.84 Å². The first-order valence-corrected chi connectivity index (χ1v) is 4.95. The molecule has 5 nitrogen and oxygen atoms in total. The molecule has 0 atom stereocenters. The average Bonchev–Trinajstić information content (AvgIpc) is 2.62. The number of aromatic nitrogens is 2. The minimum Gasteiger partial charge on any atom is -0.490 e. The van der Waals surface area contributed by atoms with Crippen LogP contribution < -0.4 is 4.74 Å². The van der Waals surface area contributed by atoms with Crippen LogP contribution in [-0.4, -0.2) is 27.4 Å². The van der Waals surface area contributed by atoms with Crippen molar-refractivity contribution in [2.45, 2.75) is 20.0 Å². The van der Waals surface area contributed by atoms with Gasteiger partial charge in [0.15, 0.2) is 0 Å². The van der Waals surface area contributed by atoms with Crippen molar-refractivity contribution in [3.8, 4) is 5.75 Å². The molecule has 0 saturated carbocycles. The molecule has 5 heteroatoms. The topological polar surface area (TPSA) is 75.2 Å². The third kappa shape index (κ3) is 1.84. The second-order valence-corrected chi connectivity index (χ2v) is 3.78. The van der Waals surface area contributed by atoms with Gasteiger partial charge in [-0.3, -0.25) is 5.10 Å². The predicted octanol–water partition coefficient (Wildman–Crippen LogP) is 2.05. The largest absolute Gasteiger partial charge is 0.490 e. The number of fused-ring (bicyclic) bond motifs is 1. The van der Waals surface area contributed by atoms with Crippen molar-refractivity contribution in [2.75, 3.05) is 0 Å². The van der Waals surface area contributed by atoms with E-state index in [1.807, 2.05) is 13.8 Å². The van der Waals surface area contributed by atoms with E-state index in [9.17, 15) is 4.79 Å². The Morgan fingerprint density at radius 3 is 2.88 bits per heavy atom. The van der Waals surface area contributed by atoms with Crippen LogP contribution in [-0.2, 0) is 0 Å². The van der Waals surface area contributed by atoms with Crippen molar-refractivity contribution in [3.05, 3.63) is 23.9 Å². The number of aromatic amines is 1. The zero-order valence-corrected chi connectivity index (χ0v) is 9.02. The highest BCUT2D eigenvalue weighted by Gasteiger charge is 2.14. The number of carboxylic acid groups (broad SMARTS) is 1. The molecule has 0 saturated heterocycles. The van der Waals surface area contributed by atoms with E-state index in [0.717, 1.165) is 10.9 Å². The standard InChI is InChI=1S/C11H12N2O3/c1-6(2)16-10-4-9-7(5-12-13-9)3-8(10)11(14)15/h3-6H,1-2H3,(H,12,13)(H,14,15). The van der Waals surface area contributed by atoms with Gasteiger partial charge in [-0.25, -0.2) is 4.79 Å². The van der Waals surface area contributed by atoms with E-state index < -0.39 is 5.97 Å². The minimum absolute atomic E-state index is 0.0709. The Morgan fingerprint density at radius 1 is 1.50 bits per heavy atom. The van der Waals surface area contributed by atoms with Crippen molar-refractivity contribution < 1.29 is 14.6 Å². The molecule has 1 heterocycles. The zero-order chi connectivity index (χ0) is 11.7. The third-order valence-corrected chi connectivity index (χ3v) is 2.13. The number of aromatic carboxylic acids is 1.